The van der Waals surface area contributed by atoms with Crippen molar-refractivity contribution >= 4 is 27.9 Å². The second kappa shape index (κ2) is 5.13. The molecule has 0 bridgehead atoms. The highest BCUT2D eigenvalue weighted by molar-refractivity contribution is 7.12. The van der Waals surface area contributed by atoms with Gasteiger partial charge in [-0.25, -0.2) is 0 Å². The lowest BCUT2D eigenvalue weighted by atomic mass is 10.2. The molecule has 0 atom stereocenters. The number of rotatable bonds is 3. The normalized spacial score (nSPS) is 10.9. The van der Waals surface area contributed by atoms with Crippen LogP contribution >= 0.6 is 11.3 Å². The molecule has 1 aromatic carbocycles. The summed E-state index contributed by atoms with van der Waals surface area (Å²) >= 11 is 1.79. The van der Waals surface area contributed by atoms with E-state index >= 15 is 0 Å². The largest absolute Gasteiger partial charge is 0.367 e. The van der Waals surface area contributed by atoms with Gasteiger partial charge in [0.05, 0.1) is 6.54 Å². The minimum atomic E-state index is -0.0517. The maximum absolute atomic E-state index is 12.0. The Labute approximate surface area is 121 Å². The maximum Gasteiger partial charge on any atom is 0.257 e. The van der Waals surface area contributed by atoms with Crippen LogP contribution in [0.25, 0.3) is 10.8 Å². The van der Waals surface area contributed by atoms with E-state index in [0.29, 0.717) is 0 Å². The molecule has 0 fully saturated rings. The molecular formula is C16H16N2OS. The first-order chi connectivity index (χ1) is 9.63. The summed E-state index contributed by atoms with van der Waals surface area (Å²) in [6, 6.07) is 11.8. The first-order valence-electron chi connectivity index (χ1n) is 6.55. The summed E-state index contributed by atoms with van der Waals surface area (Å²) in [5.41, 5.74) is 1.27. The predicted molar refractivity (Wildman–Crippen MR) is 85.7 cm³/mol. The Hall–Kier alpha value is -2.07. The number of aromatic amines is 1. The van der Waals surface area contributed by atoms with Crippen LogP contribution in [0.15, 0.2) is 41.2 Å². The number of thiophene rings is 1. The Bertz CT molecular complexity index is 797. The molecule has 4 heteroatoms. The van der Waals surface area contributed by atoms with Crippen molar-refractivity contribution in [3.05, 3.63) is 62.1 Å². The van der Waals surface area contributed by atoms with E-state index in [1.807, 2.05) is 30.3 Å². The maximum atomic E-state index is 12.0. The summed E-state index contributed by atoms with van der Waals surface area (Å²) in [6.07, 6.45) is 0. The van der Waals surface area contributed by atoms with Crippen LogP contribution < -0.4 is 10.9 Å². The molecule has 0 saturated carbocycles. The third-order valence-corrected chi connectivity index (χ3v) is 4.58. The second-order valence-electron chi connectivity index (χ2n) is 4.90. The molecule has 0 aliphatic carbocycles. The number of anilines is 1. The molecule has 2 aromatic heterocycles. The van der Waals surface area contributed by atoms with Crippen molar-refractivity contribution in [2.24, 2.45) is 0 Å². The number of hydrogen-bond acceptors (Lipinski definition) is 3. The molecule has 102 valence electrons. The Kier molecular flexibility index (Phi) is 3.32. The highest BCUT2D eigenvalue weighted by Gasteiger charge is 2.03. The van der Waals surface area contributed by atoms with E-state index in [-0.39, 0.29) is 5.56 Å². The van der Waals surface area contributed by atoms with Crippen LogP contribution in [-0.2, 0) is 6.54 Å². The Morgan fingerprint density at radius 3 is 2.75 bits per heavy atom. The Balaban J connectivity index is 1.86. The number of aromatic nitrogens is 1. The Morgan fingerprint density at radius 2 is 2.00 bits per heavy atom. The minimum Gasteiger partial charge on any atom is -0.367 e. The molecule has 20 heavy (non-hydrogen) atoms. The molecule has 0 unspecified atom stereocenters. The van der Waals surface area contributed by atoms with Crippen LogP contribution in [0.2, 0.25) is 0 Å². The van der Waals surface area contributed by atoms with Crippen molar-refractivity contribution in [3.63, 3.8) is 0 Å². The van der Waals surface area contributed by atoms with Gasteiger partial charge in [0.2, 0.25) is 0 Å². The summed E-state index contributed by atoms with van der Waals surface area (Å²) in [5, 5.41) is 4.97. The average Bonchev–Trinajstić information content (AvgIpc) is 2.76. The number of H-pyrrole nitrogens is 1. The van der Waals surface area contributed by atoms with Gasteiger partial charge >= 0.3 is 0 Å². The van der Waals surface area contributed by atoms with E-state index in [1.165, 1.54) is 15.3 Å². The van der Waals surface area contributed by atoms with Crippen LogP contribution in [0, 0.1) is 13.8 Å². The summed E-state index contributed by atoms with van der Waals surface area (Å²) in [5.74, 6) is 0.761. The van der Waals surface area contributed by atoms with Crippen LogP contribution in [0.4, 0.5) is 5.82 Å². The van der Waals surface area contributed by atoms with Gasteiger partial charge in [-0.15, -0.1) is 11.3 Å². The van der Waals surface area contributed by atoms with E-state index in [4.69, 9.17) is 0 Å². The van der Waals surface area contributed by atoms with Gasteiger partial charge in [-0.1, -0.05) is 18.2 Å². The molecule has 3 aromatic rings. The molecule has 0 aliphatic heterocycles. The molecule has 0 aliphatic rings. The van der Waals surface area contributed by atoms with E-state index in [0.717, 1.165) is 23.1 Å². The number of aryl methyl sites for hydroxylation is 2. The van der Waals surface area contributed by atoms with Crippen molar-refractivity contribution < 1.29 is 0 Å². The van der Waals surface area contributed by atoms with Gasteiger partial charge in [-0.2, -0.15) is 0 Å². The van der Waals surface area contributed by atoms with Gasteiger partial charge in [0, 0.05) is 15.1 Å². The lowest BCUT2D eigenvalue weighted by Crippen LogP contribution is -2.10. The number of benzene rings is 1. The highest BCUT2D eigenvalue weighted by Crippen LogP contribution is 2.21. The Morgan fingerprint density at radius 1 is 1.20 bits per heavy atom. The minimum absolute atomic E-state index is 0.0517. The van der Waals surface area contributed by atoms with E-state index in [9.17, 15) is 4.79 Å². The van der Waals surface area contributed by atoms with Crippen LogP contribution in [0.1, 0.15) is 15.3 Å². The lowest BCUT2D eigenvalue weighted by Gasteiger charge is -2.06. The number of pyridine rings is 1. The van der Waals surface area contributed by atoms with Crippen molar-refractivity contribution in [1.82, 2.24) is 4.98 Å². The smallest absolute Gasteiger partial charge is 0.257 e. The fourth-order valence-electron chi connectivity index (χ4n) is 2.23. The zero-order valence-corrected chi connectivity index (χ0v) is 12.3. The van der Waals surface area contributed by atoms with Gasteiger partial charge in [-0.3, -0.25) is 4.79 Å². The topological polar surface area (TPSA) is 44.9 Å². The lowest BCUT2D eigenvalue weighted by molar-refractivity contribution is 1.13. The monoisotopic (exact) mass is 284 g/mol. The van der Waals surface area contributed by atoms with E-state index in [2.05, 4.69) is 30.2 Å². The number of nitrogens with one attached hydrogen (secondary N) is 2. The van der Waals surface area contributed by atoms with Gasteiger partial charge < -0.3 is 10.3 Å². The fourth-order valence-corrected chi connectivity index (χ4v) is 3.22. The first-order valence-corrected chi connectivity index (χ1v) is 7.37. The van der Waals surface area contributed by atoms with Gasteiger partial charge in [0.25, 0.3) is 5.56 Å². The predicted octanol–water partition coefficient (Wildman–Crippen LogP) is 3.82. The van der Waals surface area contributed by atoms with Crippen molar-refractivity contribution in [2.45, 2.75) is 20.4 Å². The van der Waals surface area contributed by atoms with E-state index in [1.54, 1.807) is 11.3 Å². The summed E-state index contributed by atoms with van der Waals surface area (Å²) < 4.78 is 0. The van der Waals surface area contributed by atoms with Crippen molar-refractivity contribution in [3.8, 4) is 0 Å². The van der Waals surface area contributed by atoms with Gasteiger partial charge in [0.1, 0.15) is 5.82 Å². The summed E-state index contributed by atoms with van der Waals surface area (Å²) in [6.45, 7) is 4.97. The SMILES string of the molecule is Cc1cc(CNc2cc3ccccc3c(=O)[nH]2)sc1C. The quantitative estimate of drug-likeness (QED) is 0.768. The van der Waals surface area contributed by atoms with Crippen LogP contribution in [-0.4, -0.2) is 4.98 Å². The highest BCUT2D eigenvalue weighted by atomic mass is 32.1. The molecular weight excluding hydrogens is 268 g/mol. The van der Waals surface area contributed by atoms with Crippen LogP contribution in [0.3, 0.4) is 0 Å². The molecule has 0 radical (unpaired) electrons. The first kappa shape index (κ1) is 12.9. The fraction of sp³-hybridized carbons (Fsp3) is 0.188. The standard InChI is InChI=1S/C16H16N2OS/c1-10-7-13(20-11(10)2)9-17-15-8-12-5-3-4-6-14(12)16(19)18-15/h3-8H,9H2,1-2H3,(H2,17,18,19). The molecule has 3 nitrogen and oxygen atoms in total. The van der Waals surface area contributed by atoms with Crippen LogP contribution in [0.5, 0.6) is 0 Å². The van der Waals surface area contributed by atoms with E-state index < -0.39 is 0 Å². The third kappa shape index (κ3) is 2.47. The molecule has 3 rings (SSSR count). The summed E-state index contributed by atoms with van der Waals surface area (Å²) in [7, 11) is 0. The number of hydrogen-bond donors (Lipinski definition) is 2. The molecule has 0 spiro atoms. The average molecular weight is 284 g/mol. The molecule has 2 N–H and O–H groups in total. The molecule has 0 saturated heterocycles. The second-order valence-corrected chi connectivity index (χ2v) is 6.25. The zero-order chi connectivity index (χ0) is 14.1. The molecule has 2 heterocycles. The van der Waals surface area contributed by atoms with Crippen molar-refractivity contribution in [2.75, 3.05) is 5.32 Å². The molecule has 0 amide bonds. The van der Waals surface area contributed by atoms with Gasteiger partial charge in [0.15, 0.2) is 0 Å². The number of fused-ring (bicyclic) bond motifs is 1. The van der Waals surface area contributed by atoms with Crippen molar-refractivity contribution in [1.29, 1.82) is 0 Å². The zero-order valence-electron chi connectivity index (χ0n) is 11.5. The van der Waals surface area contributed by atoms with Gasteiger partial charge in [-0.05, 0) is 43.0 Å². The third-order valence-electron chi connectivity index (χ3n) is 3.42. The summed E-state index contributed by atoms with van der Waals surface area (Å²) in [4.78, 5) is 17.5.